The van der Waals surface area contributed by atoms with Gasteiger partial charge in [0.2, 0.25) is 18.5 Å². The van der Waals surface area contributed by atoms with E-state index in [0.29, 0.717) is 0 Å². The summed E-state index contributed by atoms with van der Waals surface area (Å²) in [5.41, 5.74) is 0. The van der Waals surface area contributed by atoms with Crippen LogP contribution in [0.4, 0.5) is 0 Å². The molecule has 0 bridgehead atoms. The van der Waals surface area contributed by atoms with Crippen LogP contribution in [0.5, 0.6) is 0 Å². The average Bonchev–Trinajstić information content (AvgIpc) is 2.39. The molecule has 0 aliphatic carbocycles. The first kappa shape index (κ1) is 21.3. The van der Waals surface area contributed by atoms with Crippen LogP contribution in [0.25, 0.3) is 0 Å². The molecule has 0 heterocycles. The van der Waals surface area contributed by atoms with Crippen LogP contribution in [0.3, 0.4) is 0 Å². The Kier molecular flexibility index (Phi) is 13.9. The molecule has 0 aromatic heterocycles. The first-order valence-electron chi connectivity index (χ1n) is 6.00. The number of hydrogen-bond acceptors (Lipinski definition) is 7. The van der Waals surface area contributed by atoms with Gasteiger partial charge in [-0.25, -0.2) is 0 Å². The lowest BCUT2D eigenvalue weighted by atomic mass is 10.3. The predicted molar refractivity (Wildman–Crippen MR) is 77.1 cm³/mol. The van der Waals surface area contributed by atoms with Crippen molar-refractivity contribution in [3.05, 3.63) is 12.3 Å². The van der Waals surface area contributed by atoms with E-state index in [4.69, 9.17) is 18.9 Å². The Balaban J connectivity index is 0. The number of rotatable bonds is 8. The zero-order valence-corrected chi connectivity index (χ0v) is 13.7. The Morgan fingerprint density at radius 2 is 1.35 bits per heavy atom. The number of methoxy groups -OCH3 is 4. The van der Waals surface area contributed by atoms with Crippen LogP contribution in [-0.2, 0) is 23.7 Å². The number of carbonyl (C=O) groups excluding carboxylic acids is 1. The summed E-state index contributed by atoms with van der Waals surface area (Å²) in [6.45, 7) is 0. The van der Waals surface area contributed by atoms with Crippen molar-refractivity contribution in [2.75, 3.05) is 56.6 Å². The van der Waals surface area contributed by atoms with E-state index in [1.54, 1.807) is 25.3 Å². The third-order valence-electron chi connectivity index (χ3n) is 2.02. The molecule has 0 radical (unpaired) electrons. The monoisotopic (exact) mass is 292 g/mol. The summed E-state index contributed by atoms with van der Waals surface area (Å²) in [4.78, 5) is 14.7. The van der Waals surface area contributed by atoms with Crippen LogP contribution >= 0.6 is 0 Å². The molecule has 20 heavy (non-hydrogen) atoms. The van der Waals surface area contributed by atoms with Crippen molar-refractivity contribution in [1.82, 2.24) is 9.80 Å². The Labute approximate surface area is 122 Å². The highest BCUT2D eigenvalue weighted by molar-refractivity contribution is 5.92. The lowest BCUT2D eigenvalue weighted by molar-refractivity contribution is -0.179. The molecule has 0 unspecified atom stereocenters. The van der Waals surface area contributed by atoms with Gasteiger partial charge in [-0.3, -0.25) is 9.69 Å². The van der Waals surface area contributed by atoms with Gasteiger partial charge < -0.3 is 23.8 Å². The second-order valence-corrected chi connectivity index (χ2v) is 4.23. The zero-order valence-electron chi connectivity index (χ0n) is 13.7. The van der Waals surface area contributed by atoms with Gasteiger partial charge >= 0.3 is 0 Å². The van der Waals surface area contributed by atoms with Crippen molar-refractivity contribution in [1.29, 1.82) is 0 Å². The fourth-order valence-electron chi connectivity index (χ4n) is 1.15. The van der Waals surface area contributed by atoms with E-state index in [1.165, 1.54) is 20.3 Å². The highest BCUT2D eigenvalue weighted by Crippen LogP contribution is 1.94. The van der Waals surface area contributed by atoms with Gasteiger partial charge in [0, 0.05) is 54.8 Å². The number of ether oxygens (including phenoxy) is 4. The second-order valence-electron chi connectivity index (χ2n) is 4.23. The van der Waals surface area contributed by atoms with Gasteiger partial charge in [0.15, 0.2) is 0 Å². The molecule has 0 rings (SSSR count). The molecular formula is C13H28N2O5. The van der Waals surface area contributed by atoms with Crippen molar-refractivity contribution < 1.29 is 23.7 Å². The van der Waals surface area contributed by atoms with Gasteiger partial charge in [-0.1, -0.05) is 0 Å². The maximum absolute atomic E-state index is 11.1. The highest BCUT2D eigenvalue weighted by atomic mass is 16.7. The molecule has 0 aromatic carbocycles. The molecule has 0 aliphatic rings. The molecule has 7 heteroatoms. The quantitative estimate of drug-likeness (QED) is 0.473. The number of ketones is 1. The van der Waals surface area contributed by atoms with Crippen LogP contribution in [0.1, 0.15) is 0 Å². The Morgan fingerprint density at radius 3 is 1.55 bits per heavy atom. The standard InChI is InChI=1S/C8H15NO3.C5H13NO2/c1-9(2)6-5-7(10)8(11-3)12-4;1-6(2)5(7-3)8-4/h5-6,8H,1-4H3;5H,1-4H3/b6-5+;. The summed E-state index contributed by atoms with van der Waals surface area (Å²) in [5, 5.41) is 0. The smallest absolute Gasteiger partial charge is 0.221 e. The Morgan fingerprint density at radius 1 is 0.900 bits per heavy atom. The summed E-state index contributed by atoms with van der Waals surface area (Å²) in [6, 6.07) is 0. The van der Waals surface area contributed by atoms with E-state index in [0.717, 1.165) is 0 Å². The molecule has 0 aromatic rings. The number of carbonyl (C=O) groups is 1. The third kappa shape index (κ3) is 10.9. The summed E-state index contributed by atoms with van der Waals surface area (Å²) in [5.74, 6) is -0.200. The summed E-state index contributed by atoms with van der Waals surface area (Å²) in [7, 11) is 13.5. The molecule has 0 N–H and O–H groups in total. The van der Waals surface area contributed by atoms with E-state index in [-0.39, 0.29) is 12.2 Å². The molecule has 0 aliphatic heterocycles. The van der Waals surface area contributed by atoms with Crippen LogP contribution < -0.4 is 0 Å². The molecule has 0 saturated heterocycles. The maximum Gasteiger partial charge on any atom is 0.221 e. The molecule has 0 atom stereocenters. The van der Waals surface area contributed by atoms with E-state index >= 15 is 0 Å². The maximum atomic E-state index is 11.1. The van der Waals surface area contributed by atoms with Crippen molar-refractivity contribution in [2.24, 2.45) is 0 Å². The molecule has 0 amide bonds. The van der Waals surface area contributed by atoms with Gasteiger partial charge in [-0.15, -0.1) is 0 Å². The fraction of sp³-hybridized carbons (Fsp3) is 0.769. The average molecular weight is 292 g/mol. The zero-order chi connectivity index (χ0) is 16.1. The summed E-state index contributed by atoms with van der Waals surface area (Å²) >= 11 is 0. The minimum Gasteiger partial charge on any atom is -0.383 e. The summed E-state index contributed by atoms with van der Waals surface area (Å²) in [6.07, 6.45) is 2.06. The van der Waals surface area contributed by atoms with Crippen LogP contribution in [0, 0.1) is 0 Å². The molecule has 7 nitrogen and oxygen atoms in total. The fourth-order valence-corrected chi connectivity index (χ4v) is 1.15. The van der Waals surface area contributed by atoms with Gasteiger partial charge in [0.1, 0.15) is 0 Å². The summed E-state index contributed by atoms with van der Waals surface area (Å²) < 4.78 is 19.2. The molecule has 0 fully saturated rings. The predicted octanol–water partition coefficient (Wildman–Crippen LogP) is 0.374. The topological polar surface area (TPSA) is 60.5 Å². The van der Waals surface area contributed by atoms with Crippen molar-refractivity contribution in [2.45, 2.75) is 12.7 Å². The van der Waals surface area contributed by atoms with Crippen molar-refractivity contribution in [3.63, 3.8) is 0 Å². The highest BCUT2D eigenvalue weighted by Gasteiger charge is 2.12. The van der Waals surface area contributed by atoms with Gasteiger partial charge in [0.05, 0.1) is 0 Å². The van der Waals surface area contributed by atoms with E-state index in [9.17, 15) is 4.79 Å². The first-order chi connectivity index (χ1) is 9.33. The Hall–Kier alpha value is -0.990. The van der Waals surface area contributed by atoms with Crippen LogP contribution in [0.2, 0.25) is 0 Å². The van der Waals surface area contributed by atoms with E-state index < -0.39 is 6.29 Å². The Bertz CT molecular complexity index is 261. The van der Waals surface area contributed by atoms with Crippen LogP contribution in [-0.4, -0.2) is 84.9 Å². The normalized spacial score (nSPS) is 11.2. The number of hydrogen-bond donors (Lipinski definition) is 0. The molecule has 0 spiro atoms. The largest absolute Gasteiger partial charge is 0.383 e. The van der Waals surface area contributed by atoms with Gasteiger partial charge in [-0.05, 0) is 14.1 Å². The minimum absolute atomic E-state index is 0.200. The van der Waals surface area contributed by atoms with Gasteiger partial charge in [-0.2, -0.15) is 0 Å². The second kappa shape index (κ2) is 13.0. The van der Waals surface area contributed by atoms with E-state index in [2.05, 4.69) is 0 Å². The molecular weight excluding hydrogens is 264 g/mol. The molecule has 120 valence electrons. The van der Waals surface area contributed by atoms with Crippen LogP contribution in [0.15, 0.2) is 12.3 Å². The minimum atomic E-state index is -0.791. The number of nitrogens with zero attached hydrogens (tertiary/aromatic N) is 2. The van der Waals surface area contributed by atoms with Gasteiger partial charge in [0.25, 0.3) is 0 Å². The third-order valence-corrected chi connectivity index (χ3v) is 2.02. The lowest BCUT2D eigenvalue weighted by Gasteiger charge is -2.19. The van der Waals surface area contributed by atoms with Crippen molar-refractivity contribution in [3.8, 4) is 0 Å². The van der Waals surface area contributed by atoms with Crippen molar-refractivity contribution >= 4 is 5.78 Å². The lowest BCUT2D eigenvalue weighted by Crippen LogP contribution is -2.30. The SMILES string of the molecule is COC(OC)C(=O)/C=C/N(C)C.COC(OC)N(C)C. The molecule has 0 saturated carbocycles. The van der Waals surface area contributed by atoms with E-state index in [1.807, 2.05) is 33.1 Å². The first-order valence-corrected chi connectivity index (χ1v) is 6.00.